The molecule has 2 amide bonds. The van der Waals surface area contributed by atoms with Gasteiger partial charge in [-0.3, -0.25) is 9.59 Å². The van der Waals surface area contributed by atoms with E-state index in [1.54, 1.807) is 19.1 Å². The Hall–Kier alpha value is -2.76. The maximum absolute atomic E-state index is 13.5. The van der Waals surface area contributed by atoms with Gasteiger partial charge in [0.25, 0.3) is 11.8 Å². The lowest BCUT2D eigenvalue weighted by molar-refractivity contribution is 0.0933. The van der Waals surface area contributed by atoms with Crippen molar-refractivity contribution in [1.29, 1.82) is 0 Å². The zero-order valence-corrected chi connectivity index (χ0v) is 13.2. The Balaban J connectivity index is 1.80. The van der Waals surface area contributed by atoms with Crippen molar-refractivity contribution in [3.8, 4) is 0 Å². The highest BCUT2D eigenvalue weighted by molar-refractivity contribution is 5.95. The number of hydrogen-bond donors (Lipinski definition) is 2. The van der Waals surface area contributed by atoms with E-state index in [1.807, 2.05) is 0 Å². The third-order valence-electron chi connectivity index (χ3n) is 3.48. The molecule has 0 saturated heterocycles. The normalized spacial score (nSPS) is 11.6. The molecule has 0 heterocycles. The maximum Gasteiger partial charge on any atom is 0.254 e. The standard InChI is InChI=1S/C18H18F2N2O2/c1-12(22-18(24)14-7-3-5-9-16(14)20)10-11-21-17(23)13-6-2-4-8-15(13)19/h2-9,12H,10-11H2,1H3,(H,21,23)(H,22,24). The van der Waals surface area contributed by atoms with Crippen molar-refractivity contribution in [3.05, 3.63) is 71.3 Å². The molecule has 0 aliphatic heterocycles. The van der Waals surface area contributed by atoms with Crippen molar-refractivity contribution in [1.82, 2.24) is 10.6 Å². The van der Waals surface area contributed by atoms with E-state index in [-0.39, 0.29) is 23.7 Å². The highest BCUT2D eigenvalue weighted by Gasteiger charge is 2.14. The Morgan fingerprint density at radius 3 is 1.96 bits per heavy atom. The van der Waals surface area contributed by atoms with Crippen LogP contribution in [0.25, 0.3) is 0 Å². The Labute approximate surface area is 138 Å². The molecule has 2 aromatic carbocycles. The lowest BCUT2D eigenvalue weighted by Crippen LogP contribution is -2.36. The van der Waals surface area contributed by atoms with Gasteiger partial charge in [-0.05, 0) is 37.6 Å². The predicted octanol–water partition coefficient (Wildman–Crippen LogP) is 2.90. The van der Waals surface area contributed by atoms with Crippen molar-refractivity contribution in [2.75, 3.05) is 6.54 Å². The first-order valence-corrected chi connectivity index (χ1v) is 7.57. The molecule has 0 aliphatic rings. The molecule has 126 valence electrons. The predicted molar refractivity (Wildman–Crippen MR) is 86.7 cm³/mol. The number of hydrogen-bond acceptors (Lipinski definition) is 2. The molecule has 2 aromatic rings. The minimum absolute atomic E-state index is 0.0273. The van der Waals surface area contributed by atoms with Gasteiger partial charge in [0.05, 0.1) is 11.1 Å². The molecule has 2 rings (SSSR count). The zero-order valence-electron chi connectivity index (χ0n) is 13.2. The summed E-state index contributed by atoms with van der Waals surface area (Å²) in [6, 6.07) is 11.1. The molecule has 4 nitrogen and oxygen atoms in total. The molecule has 1 unspecified atom stereocenters. The lowest BCUT2D eigenvalue weighted by Gasteiger charge is -2.14. The number of carbonyl (C=O) groups excluding carboxylic acids is 2. The smallest absolute Gasteiger partial charge is 0.254 e. The van der Waals surface area contributed by atoms with Crippen LogP contribution in [0.4, 0.5) is 8.78 Å². The quantitative estimate of drug-likeness (QED) is 0.854. The molecule has 2 N–H and O–H groups in total. The van der Waals surface area contributed by atoms with Crippen LogP contribution in [0.1, 0.15) is 34.1 Å². The van der Waals surface area contributed by atoms with Crippen LogP contribution in [0.5, 0.6) is 0 Å². The molecule has 0 aliphatic carbocycles. The number of amides is 2. The first-order valence-electron chi connectivity index (χ1n) is 7.57. The topological polar surface area (TPSA) is 58.2 Å². The maximum atomic E-state index is 13.5. The van der Waals surface area contributed by atoms with Gasteiger partial charge in [0.15, 0.2) is 0 Å². The van der Waals surface area contributed by atoms with Gasteiger partial charge < -0.3 is 10.6 Å². The van der Waals surface area contributed by atoms with Crippen LogP contribution in [0, 0.1) is 11.6 Å². The van der Waals surface area contributed by atoms with Crippen molar-refractivity contribution in [3.63, 3.8) is 0 Å². The van der Waals surface area contributed by atoms with Gasteiger partial charge in [-0.1, -0.05) is 24.3 Å². The Morgan fingerprint density at radius 2 is 1.42 bits per heavy atom. The average Bonchev–Trinajstić information content (AvgIpc) is 2.55. The second-order valence-corrected chi connectivity index (χ2v) is 5.38. The van der Waals surface area contributed by atoms with E-state index in [4.69, 9.17) is 0 Å². The summed E-state index contributed by atoms with van der Waals surface area (Å²) in [6.45, 7) is 2.00. The molecule has 6 heteroatoms. The van der Waals surface area contributed by atoms with Crippen LogP contribution in [-0.4, -0.2) is 24.4 Å². The molecular formula is C18H18F2N2O2. The van der Waals surface area contributed by atoms with Crippen LogP contribution in [0.3, 0.4) is 0 Å². The van der Waals surface area contributed by atoms with E-state index in [0.29, 0.717) is 6.42 Å². The van der Waals surface area contributed by atoms with E-state index in [9.17, 15) is 18.4 Å². The van der Waals surface area contributed by atoms with E-state index in [0.717, 1.165) is 0 Å². The van der Waals surface area contributed by atoms with E-state index >= 15 is 0 Å². The average molecular weight is 332 g/mol. The fourth-order valence-electron chi connectivity index (χ4n) is 2.16. The minimum atomic E-state index is -0.588. The number of carbonyl (C=O) groups is 2. The lowest BCUT2D eigenvalue weighted by atomic mass is 10.1. The molecule has 1 atom stereocenters. The number of rotatable bonds is 6. The third kappa shape index (κ3) is 4.62. The van der Waals surface area contributed by atoms with E-state index in [1.165, 1.54) is 36.4 Å². The van der Waals surface area contributed by atoms with Gasteiger partial charge in [-0.2, -0.15) is 0 Å². The van der Waals surface area contributed by atoms with Crippen LogP contribution >= 0.6 is 0 Å². The third-order valence-corrected chi connectivity index (χ3v) is 3.48. The summed E-state index contributed by atoms with van der Waals surface area (Å²) < 4.78 is 27.0. The van der Waals surface area contributed by atoms with Crippen LogP contribution in [0.2, 0.25) is 0 Å². The summed E-state index contributed by atoms with van der Waals surface area (Å²) in [5.41, 5.74) is -0.0553. The first kappa shape index (κ1) is 17.6. The Kier molecular flexibility index (Phi) is 6.01. The molecule has 24 heavy (non-hydrogen) atoms. The molecule has 0 saturated carbocycles. The summed E-state index contributed by atoms with van der Waals surface area (Å²) >= 11 is 0. The zero-order chi connectivity index (χ0) is 17.5. The fourth-order valence-corrected chi connectivity index (χ4v) is 2.16. The summed E-state index contributed by atoms with van der Waals surface area (Å²) in [5.74, 6) is -2.20. The molecule has 0 bridgehead atoms. The van der Waals surface area contributed by atoms with Crippen molar-refractivity contribution in [2.45, 2.75) is 19.4 Å². The summed E-state index contributed by atoms with van der Waals surface area (Å²) in [6.07, 6.45) is 0.431. The van der Waals surface area contributed by atoms with E-state index in [2.05, 4.69) is 10.6 Å². The van der Waals surface area contributed by atoms with Gasteiger partial charge in [-0.15, -0.1) is 0 Å². The number of nitrogens with one attached hydrogen (secondary N) is 2. The molecule has 0 spiro atoms. The van der Waals surface area contributed by atoms with Crippen molar-refractivity contribution >= 4 is 11.8 Å². The Bertz CT molecular complexity index is 734. The van der Waals surface area contributed by atoms with Gasteiger partial charge in [-0.25, -0.2) is 8.78 Å². The number of halogens is 2. The second-order valence-electron chi connectivity index (χ2n) is 5.38. The van der Waals surface area contributed by atoms with Gasteiger partial charge in [0, 0.05) is 12.6 Å². The molecule has 0 aromatic heterocycles. The van der Waals surface area contributed by atoms with Gasteiger partial charge >= 0.3 is 0 Å². The highest BCUT2D eigenvalue weighted by Crippen LogP contribution is 2.07. The second kappa shape index (κ2) is 8.19. The van der Waals surface area contributed by atoms with E-state index < -0.39 is 23.4 Å². The van der Waals surface area contributed by atoms with Crippen LogP contribution < -0.4 is 10.6 Å². The SMILES string of the molecule is CC(CCNC(=O)c1ccccc1F)NC(=O)c1ccccc1F. The van der Waals surface area contributed by atoms with Crippen molar-refractivity contribution in [2.24, 2.45) is 0 Å². The monoisotopic (exact) mass is 332 g/mol. The van der Waals surface area contributed by atoms with Crippen LogP contribution in [0.15, 0.2) is 48.5 Å². The molecule has 0 radical (unpaired) electrons. The van der Waals surface area contributed by atoms with Crippen LogP contribution in [-0.2, 0) is 0 Å². The number of benzene rings is 2. The summed E-state index contributed by atoms with van der Waals surface area (Å²) in [5, 5.41) is 5.25. The van der Waals surface area contributed by atoms with Crippen molar-refractivity contribution < 1.29 is 18.4 Å². The molecular weight excluding hydrogens is 314 g/mol. The van der Waals surface area contributed by atoms with Gasteiger partial charge in [0.2, 0.25) is 0 Å². The largest absolute Gasteiger partial charge is 0.352 e. The minimum Gasteiger partial charge on any atom is -0.352 e. The van der Waals surface area contributed by atoms with Gasteiger partial charge in [0.1, 0.15) is 11.6 Å². The summed E-state index contributed by atoms with van der Waals surface area (Å²) in [4.78, 5) is 23.8. The highest BCUT2D eigenvalue weighted by atomic mass is 19.1. The molecule has 0 fully saturated rings. The Morgan fingerprint density at radius 1 is 0.917 bits per heavy atom. The fraction of sp³-hybridized carbons (Fsp3) is 0.222. The first-order chi connectivity index (χ1) is 11.5. The summed E-state index contributed by atoms with van der Waals surface area (Å²) in [7, 11) is 0.